The zero-order valence-corrected chi connectivity index (χ0v) is 21.0. The van der Waals surface area contributed by atoms with Crippen LogP contribution < -0.4 is 0 Å². The van der Waals surface area contributed by atoms with Crippen molar-refractivity contribution in [1.29, 1.82) is 0 Å². The summed E-state index contributed by atoms with van der Waals surface area (Å²) < 4.78 is 11.8. The summed E-state index contributed by atoms with van der Waals surface area (Å²) in [7, 11) is 0. The van der Waals surface area contributed by atoms with Crippen LogP contribution in [0, 0.1) is 0 Å². The van der Waals surface area contributed by atoms with Crippen LogP contribution in [-0.4, -0.2) is 35.0 Å². The minimum atomic E-state index is -0.941. The van der Waals surface area contributed by atoms with Crippen LogP contribution in [0.1, 0.15) is 70.2 Å². The number of amides is 1. The van der Waals surface area contributed by atoms with Crippen molar-refractivity contribution in [2.24, 2.45) is 0 Å². The van der Waals surface area contributed by atoms with Crippen LogP contribution in [0.25, 0.3) is 0 Å². The average Bonchev–Trinajstić information content (AvgIpc) is 2.73. The van der Waals surface area contributed by atoms with Crippen molar-refractivity contribution < 1.29 is 19.1 Å². The Hall–Kier alpha value is -2.08. The third-order valence-electron chi connectivity index (χ3n) is 5.41. The highest BCUT2D eigenvalue weighted by molar-refractivity contribution is 6.30. The molecule has 2 aromatic rings. The van der Waals surface area contributed by atoms with Gasteiger partial charge in [-0.15, -0.1) is 0 Å². The average molecular weight is 492 g/mol. The minimum Gasteiger partial charge on any atom is -0.460 e. The fourth-order valence-electron chi connectivity index (χ4n) is 4.00. The Balaban J connectivity index is 2.02. The first-order valence-electron chi connectivity index (χ1n) is 11.3. The maximum atomic E-state index is 13.6. The maximum Gasteiger partial charge on any atom is 0.309 e. The zero-order chi connectivity index (χ0) is 24.2. The first-order chi connectivity index (χ1) is 15.6. The van der Waals surface area contributed by atoms with Crippen LogP contribution >= 0.6 is 23.2 Å². The zero-order valence-electron chi connectivity index (χ0n) is 19.5. The molecule has 0 aromatic heterocycles. The van der Waals surface area contributed by atoms with Crippen LogP contribution in [0.5, 0.6) is 0 Å². The SMILES string of the molecule is CCCCN1C(=O)[C@H](CC(=O)OC(C)(C)C)O[C@H](c2cccc(Cl)c2)[C@H]1c1ccc(Cl)cc1. The van der Waals surface area contributed by atoms with Gasteiger partial charge in [-0.25, -0.2) is 0 Å². The molecule has 178 valence electrons. The Bertz CT molecular complexity index is 971. The standard InChI is InChI=1S/C26H31Cl2NO4/c1-5-6-14-29-23(17-10-12-19(27)13-11-17)24(18-8-7-9-20(28)15-18)32-21(25(29)31)16-22(30)33-26(2,3)4/h7-13,15,21,23-24H,5-6,14,16H2,1-4H3/t21-,23+,24+/m0/s1. The lowest BCUT2D eigenvalue weighted by molar-refractivity contribution is -0.183. The molecule has 1 amide bonds. The number of halogens is 2. The Labute approximate surface area is 206 Å². The minimum absolute atomic E-state index is 0.150. The molecule has 1 saturated heterocycles. The normalized spacial score (nSPS) is 21.2. The van der Waals surface area contributed by atoms with Gasteiger partial charge in [0, 0.05) is 16.6 Å². The molecule has 3 rings (SSSR count). The summed E-state index contributed by atoms with van der Waals surface area (Å²) in [5, 5.41) is 1.19. The number of esters is 1. The number of carbonyl (C=O) groups is 2. The predicted octanol–water partition coefficient (Wildman–Crippen LogP) is 6.54. The van der Waals surface area contributed by atoms with Crippen LogP contribution in [0.4, 0.5) is 0 Å². The molecule has 0 spiro atoms. The molecule has 5 nitrogen and oxygen atoms in total. The van der Waals surface area contributed by atoms with E-state index in [1.165, 1.54) is 0 Å². The number of carbonyl (C=O) groups excluding carboxylic acids is 2. The Kier molecular flexibility index (Phi) is 8.43. The summed E-state index contributed by atoms with van der Waals surface area (Å²) in [5.41, 5.74) is 1.10. The topological polar surface area (TPSA) is 55.8 Å². The third-order valence-corrected chi connectivity index (χ3v) is 5.89. The van der Waals surface area contributed by atoms with Gasteiger partial charge in [0.25, 0.3) is 5.91 Å². The van der Waals surface area contributed by atoms with E-state index in [1.54, 1.807) is 39.0 Å². The molecule has 1 fully saturated rings. The monoisotopic (exact) mass is 491 g/mol. The van der Waals surface area contributed by atoms with Gasteiger partial charge in [0.1, 0.15) is 17.8 Å². The highest BCUT2D eigenvalue weighted by Crippen LogP contribution is 2.43. The Morgan fingerprint density at radius 2 is 1.76 bits per heavy atom. The van der Waals surface area contributed by atoms with Crippen LogP contribution in [0.2, 0.25) is 10.0 Å². The molecule has 0 N–H and O–H groups in total. The van der Waals surface area contributed by atoms with E-state index < -0.39 is 23.8 Å². The fraction of sp³-hybridized carbons (Fsp3) is 0.462. The number of unbranched alkanes of at least 4 members (excludes halogenated alkanes) is 1. The van der Waals surface area contributed by atoms with E-state index in [-0.39, 0.29) is 18.4 Å². The van der Waals surface area contributed by atoms with Crippen molar-refractivity contribution in [2.75, 3.05) is 6.54 Å². The largest absolute Gasteiger partial charge is 0.460 e. The van der Waals surface area contributed by atoms with Crippen molar-refractivity contribution in [1.82, 2.24) is 4.90 Å². The molecule has 7 heteroatoms. The van der Waals surface area contributed by atoms with Gasteiger partial charge in [0.05, 0.1) is 12.5 Å². The van der Waals surface area contributed by atoms with Crippen molar-refractivity contribution in [3.8, 4) is 0 Å². The molecule has 1 aliphatic heterocycles. The number of ether oxygens (including phenoxy) is 2. The Morgan fingerprint density at radius 1 is 1.06 bits per heavy atom. The first-order valence-corrected chi connectivity index (χ1v) is 12.0. The molecular formula is C26H31Cl2NO4. The molecule has 1 aliphatic rings. The molecule has 33 heavy (non-hydrogen) atoms. The predicted molar refractivity (Wildman–Crippen MR) is 130 cm³/mol. The van der Waals surface area contributed by atoms with Crippen molar-refractivity contribution in [3.63, 3.8) is 0 Å². The number of hydrogen-bond acceptors (Lipinski definition) is 4. The van der Waals surface area contributed by atoms with Gasteiger partial charge in [-0.1, -0.05) is 60.8 Å². The molecule has 0 bridgehead atoms. The van der Waals surface area contributed by atoms with E-state index in [9.17, 15) is 9.59 Å². The second kappa shape index (κ2) is 10.9. The number of benzene rings is 2. The summed E-state index contributed by atoms with van der Waals surface area (Å²) in [6, 6.07) is 14.5. The second-order valence-electron chi connectivity index (χ2n) is 9.27. The lowest BCUT2D eigenvalue weighted by atomic mass is 9.91. The molecule has 0 aliphatic carbocycles. The van der Waals surface area contributed by atoms with Crippen molar-refractivity contribution >= 4 is 35.1 Å². The smallest absolute Gasteiger partial charge is 0.309 e. The lowest BCUT2D eigenvalue weighted by Crippen LogP contribution is -2.51. The van der Waals surface area contributed by atoms with Crippen LogP contribution in [-0.2, 0) is 19.1 Å². The summed E-state index contributed by atoms with van der Waals surface area (Å²) in [6.07, 6.45) is 0.160. The first kappa shape index (κ1) is 25.5. The lowest BCUT2D eigenvalue weighted by Gasteiger charge is -2.45. The van der Waals surface area contributed by atoms with Crippen molar-refractivity contribution in [2.45, 2.75) is 70.8 Å². The van der Waals surface area contributed by atoms with E-state index >= 15 is 0 Å². The second-order valence-corrected chi connectivity index (χ2v) is 10.1. The van der Waals surface area contributed by atoms with E-state index in [2.05, 4.69) is 6.92 Å². The van der Waals surface area contributed by atoms with Gasteiger partial charge in [-0.05, 0) is 62.6 Å². The van der Waals surface area contributed by atoms with Crippen LogP contribution in [0.3, 0.4) is 0 Å². The summed E-state index contributed by atoms with van der Waals surface area (Å²) in [5.74, 6) is -0.682. The Morgan fingerprint density at radius 3 is 2.36 bits per heavy atom. The van der Waals surface area contributed by atoms with Crippen LogP contribution in [0.15, 0.2) is 48.5 Å². The molecule has 2 aromatic carbocycles. The van der Waals surface area contributed by atoms with Gasteiger partial charge in [-0.2, -0.15) is 0 Å². The molecule has 0 saturated carbocycles. The molecule has 0 radical (unpaired) electrons. The molecule has 1 heterocycles. The number of morpholine rings is 1. The third kappa shape index (κ3) is 6.72. The molecular weight excluding hydrogens is 461 g/mol. The fourth-order valence-corrected chi connectivity index (χ4v) is 4.33. The van der Waals surface area contributed by atoms with Gasteiger partial charge >= 0.3 is 5.97 Å². The number of nitrogens with zero attached hydrogens (tertiary/aromatic N) is 1. The summed E-state index contributed by atoms with van der Waals surface area (Å²) >= 11 is 12.4. The van der Waals surface area contributed by atoms with Gasteiger partial charge in [0.15, 0.2) is 0 Å². The van der Waals surface area contributed by atoms with E-state index in [0.29, 0.717) is 16.6 Å². The van der Waals surface area contributed by atoms with E-state index in [0.717, 1.165) is 24.0 Å². The van der Waals surface area contributed by atoms with Gasteiger partial charge < -0.3 is 14.4 Å². The van der Waals surface area contributed by atoms with E-state index in [4.69, 9.17) is 32.7 Å². The summed E-state index contributed by atoms with van der Waals surface area (Å²) in [4.78, 5) is 28.0. The van der Waals surface area contributed by atoms with Gasteiger partial charge in [-0.3, -0.25) is 9.59 Å². The van der Waals surface area contributed by atoms with E-state index in [1.807, 2.05) is 35.2 Å². The van der Waals surface area contributed by atoms with Gasteiger partial charge in [0.2, 0.25) is 0 Å². The summed E-state index contributed by atoms with van der Waals surface area (Å²) in [6.45, 7) is 8.02. The highest BCUT2D eigenvalue weighted by Gasteiger charge is 2.44. The maximum absolute atomic E-state index is 13.6. The van der Waals surface area contributed by atoms with Crippen molar-refractivity contribution in [3.05, 3.63) is 69.7 Å². The molecule has 0 unspecified atom stereocenters. The highest BCUT2D eigenvalue weighted by atomic mass is 35.5. The molecule has 3 atom stereocenters. The number of rotatable bonds is 7. The quantitative estimate of drug-likeness (QED) is 0.412. The number of hydrogen-bond donors (Lipinski definition) is 0.